The Hall–Kier alpha value is -2.64. The van der Waals surface area contributed by atoms with Crippen molar-refractivity contribution in [2.75, 3.05) is 19.1 Å². The molecule has 6 nitrogen and oxygen atoms in total. The van der Waals surface area contributed by atoms with E-state index in [2.05, 4.69) is 43.2 Å². The summed E-state index contributed by atoms with van der Waals surface area (Å²) in [4.78, 5) is 0. The van der Waals surface area contributed by atoms with Gasteiger partial charge in [-0.15, -0.1) is 16.7 Å². The summed E-state index contributed by atoms with van der Waals surface area (Å²) >= 11 is 5.84. The van der Waals surface area contributed by atoms with Crippen LogP contribution in [0.3, 0.4) is 0 Å². The maximum atomic E-state index is 12.5. The molecule has 0 spiro atoms. The van der Waals surface area contributed by atoms with E-state index in [0.29, 0.717) is 24.2 Å². The van der Waals surface area contributed by atoms with Crippen molar-refractivity contribution in [2.45, 2.75) is 45.5 Å². The maximum Gasteiger partial charge on any atom is 0.135 e. The van der Waals surface area contributed by atoms with Crippen LogP contribution in [-0.2, 0) is 18.6 Å². The molecule has 2 atom stereocenters. The minimum atomic E-state index is -0.788. The number of ether oxygens (including phenoxy) is 2. The maximum absolute atomic E-state index is 12.5. The van der Waals surface area contributed by atoms with Crippen LogP contribution in [0.4, 0.5) is 4.39 Å². The van der Waals surface area contributed by atoms with Gasteiger partial charge in [0.2, 0.25) is 0 Å². The third kappa shape index (κ3) is 6.92. The average molecular weight is 475 g/mol. The van der Waals surface area contributed by atoms with Crippen molar-refractivity contribution in [1.29, 1.82) is 0 Å². The van der Waals surface area contributed by atoms with Crippen molar-refractivity contribution in [2.24, 2.45) is 5.92 Å². The summed E-state index contributed by atoms with van der Waals surface area (Å²) in [5.74, 6) is 2.38. The van der Waals surface area contributed by atoms with Crippen molar-refractivity contribution in [3.8, 4) is 11.5 Å². The smallest absolute Gasteiger partial charge is 0.135 e. The highest BCUT2D eigenvalue weighted by atomic mass is 35.5. The molecule has 33 heavy (non-hydrogen) atoms. The number of rotatable bonds is 12. The molecular formula is C25H31ClFN3O3. The summed E-state index contributed by atoms with van der Waals surface area (Å²) in [5.41, 5.74) is 2.34. The fraction of sp³-hybridized carbons (Fsp3) is 0.440. The predicted octanol–water partition coefficient (Wildman–Crippen LogP) is 4.77. The van der Waals surface area contributed by atoms with Crippen LogP contribution in [0.2, 0.25) is 0 Å². The van der Waals surface area contributed by atoms with Crippen LogP contribution in [-0.4, -0.2) is 45.3 Å². The zero-order chi connectivity index (χ0) is 23.8. The second-order valence-corrected chi connectivity index (χ2v) is 9.08. The summed E-state index contributed by atoms with van der Waals surface area (Å²) in [6.45, 7) is 6.59. The predicted molar refractivity (Wildman–Crippen MR) is 127 cm³/mol. The molecule has 0 aliphatic carbocycles. The molecule has 0 saturated carbocycles. The molecule has 0 fully saturated rings. The van der Waals surface area contributed by atoms with Gasteiger partial charge in [0, 0.05) is 17.2 Å². The van der Waals surface area contributed by atoms with Gasteiger partial charge >= 0.3 is 0 Å². The Labute approximate surface area is 199 Å². The molecule has 0 amide bonds. The average Bonchev–Trinajstić information content (AvgIpc) is 3.29. The third-order valence-electron chi connectivity index (χ3n) is 5.51. The van der Waals surface area contributed by atoms with Gasteiger partial charge < -0.3 is 14.6 Å². The van der Waals surface area contributed by atoms with Gasteiger partial charge in [-0.3, -0.25) is 0 Å². The lowest BCUT2D eigenvalue weighted by molar-refractivity contribution is 0.0888. The first kappa shape index (κ1) is 25.0. The zero-order valence-corrected chi connectivity index (χ0v) is 20.0. The van der Waals surface area contributed by atoms with Gasteiger partial charge in [0.1, 0.15) is 36.6 Å². The number of alkyl halides is 2. The van der Waals surface area contributed by atoms with E-state index in [1.807, 2.05) is 36.4 Å². The highest BCUT2D eigenvalue weighted by Gasteiger charge is 2.23. The summed E-state index contributed by atoms with van der Waals surface area (Å²) in [6, 6.07) is 16.0. The Morgan fingerprint density at radius 2 is 1.55 bits per heavy atom. The minimum Gasteiger partial charge on any atom is -0.493 e. The van der Waals surface area contributed by atoms with Crippen molar-refractivity contribution in [3.05, 3.63) is 71.5 Å². The molecule has 2 unspecified atom stereocenters. The first-order valence-corrected chi connectivity index (χ1v) is 11.5. The Balaban J connectivity index is 1.55. The van der Waals surface area contributed by atoms with E-state index in [1.165, 1.54) is 16.4 Å². The number of aliphatic hydroxyl groups is 1. The van der Waals surface area contributed by atoms with Crippen LogP contribution in [0.5, 0.6) is 11.5 Å². The molecule has 1 aromatic heterocycles. The topological polar surface area (TPSA) is 69.4 Å². The van der Waals surface area contributed by atoms with E-state index in [4.69, 9.17) is 21.1 Å². The van der Waals surface area contributed by atoms with Gasteiger partial charge in [0.05, 0.1) is 19.3 Å². The van der Waals surface area contributed by atoms with Crippen molar-refractivity contribution >= 4 is 11.6 Å². The fourth-order valence-electron chi connectivity index (χ4n) is 3.34. The standard InChI is InChI=1S/C25H31ClFN3O3/c1-18(12-26)16-32-23-8-4-19(5-9-23)25(2,3)20-6-10-24(11-7-20)33-17-22(31)15-30-14-21(13-27)28-29-30/h4-11,14,18,22,31H,12-13,15-17H2,1-3H3/i27-1. The fourth-order valence-corrected chi connectivity index (χ4v) is 3.42. The van der Waals surface area contributed by atoms with Gasteiger partial charge in [-0.1, -0.05) is 50.3 Å². The van der Waals surface area contributed by atoms with E-state index in [9.17, 15) is 9.50 Å². The van der Waals surface area contributed by atoms with E-state index in [0.717, 1.165) is 11.3 Å². The molecule has 2 aromatic carbocycles. The minimum absolute atomic E-state index is 0.0946. The van der Waals surface area contributed by atoms with Crippen LogP contribution in [0, 0.1) is 5.92 Å². The Morgan fingerprint density at radius 1 is 1.00 bits per heavy atom. The van der Waals surface area contributed by atoms with E-state index < -0.39 is 12.8 Å². The summed E-state index contributed by atoms with van der Waals surface area (Å²) < 4.78 is 25.4. The number of hydrogen-bond donors (Lipinski definition) is 1. The van der Waals surface area contributed by atoms with Gasteiger partial charge in [0.15, 0.2) is 0 Å². The molecule has 178 valence electrons. The Kier molecular flexibility index (Phi) is 8.69. The molecule has 0 bridgehead atoms. The Morgan fingerprint density at radius 3 is 2.03 bits per heavy atom. The normalized spacial score (nSPS) is 13.5. The third-order valence-corrected chi connectivity index (χ3v) is 6.04. The number of aromatic nitrogens is 3. The van der Waals surface area contributed by atoms with Crippen LogP contribution < -0.4 is 9.47 Å². The number of halogens is 2. The lowest BCUT2D eigenvalue weighted by atomic mass is 9.78. The molecule has 3 rings (SSSR count). The van der Waals surface area contributed by atoms with Gasteiger partial charge in [0.25, 0.3) is 0 Å². The molecule has 0 radical (unpaired) electrons. The summed E-state index contributed by atoms with van der Waals surface area (Å²) in [6.07, 6.45) is 0.683. The van der Waals surface area contributed by atoms with Gasteiger partial charge in [-0.25, -0.2) is 9.07 Å². The van der Waals surface area contributed by atoms with Crippen molar-refractivity contribution in [3.63, 3.8) is 0 Å². The largest absolute Gasteiger partial charge is 0.493 e. The molecule has 0 aliphatic rings. The second-order valence-electron chi connectivity index (χ2n) is 8.77. The van der Waals surface area contributed by atoms with Crippen molar-refractivity contribution in [1.82, 2.24) is 15.0 Å². The van der Waals surface area contributed by atoms with Gasteiger partial charge in [-0.05, 0) is 35.4 Å². The van der Waals surface area contributed by atoms with E-state index in [1.54, 1.807) is 0 Å². The molecule has 1 N–H and O–H groups in total. The number of aliphatic hydroxyl groups excluding tert-OH is 1. The van der Waals surface area contributed by atoms with E-state index in [-0.39, 0.29) is 24.3 Å². The van der Waals surface area contributed by atoms with Crippen LogP contribution in [0.15, 0.2) is 54.7 Å². The van der Waals surface area contributed by atoms with Crippen molar-refractivity contribution < 1.29 is 19.0 Å². The zero-order valence-electron chi connectivity index (χ0n) is 19.2. The number of nitrogens with zero attached hydrogens (tertiary/aromatic N) is 3. The number of benzene rings is 2. The van der Waals surface area contributed by atoms with Crippen LogP contribution >= 0.6 is 11.6 Å². The molecule has 3 aromatic rings. The quantitative estimate of drug-likeness (QED) is 0.383. The molecular weight excluding hydrogens is 444 g/mol. The highest BCUT2D eigenvalue weighted by molar-refractivity contribution is 6.18. The second kappa shape index (κ2) is 11.5. The lowest BCUT2D eigenvalue weighted by Gasteiger charge is -2.26. The van der Waals surface area contributed by atoms with E-state index >= 15 is 0 Å². The molecule has 0 aliphatic heterocycles. The first-order chi connectivity index (χ1) is 15.8. The van der Waals surface area contributed by atoms with Crippen LogP contribution in [0.1, 0.15) is 37.6 Å². The molecule has 0 saturated heterocycles. The molecule has 8 heteroatoms. The monoisotopic (exact) mass is 474 g/mol. The Bertz CT molecular complexity index is 993. The SMILES string of the molecule is CC(CCl)COc1ccc(C(C)(C)c2ccc(OCC(O)Cn3cc(C[18F])nn3)cc2)cc1. The lowest BCUT2D eigenvalue weighted by Crippen LogP contribution is -2.24. The number of hydrogen-bond acceptors (Lipinski definition) is 5. The summed E-state index contributed by atoms with van der Waals surface area (Å²) in [5, 5.41) is 17.6. The first-order valence-electron chi connectivity index (χ1n) is 11.0. The molecule has 1 heterocycles. The van der Waals surface area contributed by atoms with Crippen LogP contribution in [0.25, 0.3) is 0 Å². The van der Waals surface area contributed by atoms with Gasteiger partial charge in [-0.2, -0.15) is 0 Å². The summed E-state index contributed by atoms with van der Waals surface area (Å²) in [7, 11) is 0. The highest BCUT2D eigenvalue weighted by Crippen LogP contribution is 2.33.